The Balaban J connectivity index is 2.02. The molecule has 0 amide bonds. The van der Waals surface area contributed by atoms with E-state index in [-0.39, 0.29) is 5.54 Å². The van der Waals surface area contributed by atoms with Gasteiger partial charge in [0.1, 0.15) is 11.3 Å². The summed E-state index contributed by atoms with van der Waals surface area (Å²) in [6, 6.07) is 6.47. The van der Waals surface area contributed by atoms with Gasteiger partial charge >= 0.3 is 0 Å². The molecule has 0 aliphatic heterocycles. The zero-order chi connectivity index (χ0) is 11.3. The normalized spacial score (nSPS) is 17.9. The van der Waals surface area contributed by atoms with Crippen molar-refractivity contribution in [3.05, 3.63) is 35.1 Å². The maximum Gasteiger partial charge on any atom is 0.134 e. The highest BCUT2D eigenvalue weighted by atomic mass is 16.3. The molecule has 1 heterocycles. The number of fused-ring (bicyclic) bond motifs is 1. The standard InChI is InChI=1S/C14H17NO/c1-9-10(2)16-13-7-11(3-4-12(9)13)8-14(15)5-6-14/h3-4,7H,5-6,8,15H2,1-2H3. The molecule has 0 unspecified atom stereocenters. The highest BCUT2D eigenvalue weighted by Crippen LogP contribution is 2.36. The lowest BCUT2D eigenvalue weighted by atomic mass is 10.0. The lowest BCUT2D eigenvalue weighted by Crippen LogP contribution is -2.24. The fourth-order valence-corrected chi connectivity index (χ4v) is 2.25. The van der Waals surface area contributed by atoms with Gasteiger partial charge in [0.05, 0.1) is 0 Å². The molecular weight excluding hydrogens is 198 g/mol. The number of aryl methyl sites for hydroxylation is 2. The predicted molar refractivity (Wildman–Crippen MR) is 65.5 cm³/mol. The highest BCUT2D eigenvalue weighted by molar-refractivity contribution is 5.82. The van der Waals surface area contributed by atoms with Gasteiger partial charge in [-0.2, -0.15) is 0 Å². The van der Waals surface area contributed by atoms with Crippen LogP contribution in [0, 0.1) is 13.8 Å². The molecule has 1 aliphatic carbocycles. The molecule has 1 aliphatic rings. The minimum Gasteiger partial charge on any atom is -0.461 e. The Kier molecular flexibility index (Phi) is 1.93. The zero-order valence-electron chi connectivity index (χ0n) is 9.84. The first-order valence-corrected chi connectivity index (χ1v) is 5.85. The van der Waals surface area contributed by atoms with Crippen molar-refractivity contribution in [3.63, 3.8) is 0 Å². The van der Waals surface area contributed by atoms with Crippen molar-refractivity contribution in [1.29, 1.82) is 0 Å². The predicted octanol–water partition coefficient (Wildman–Crippen LogP) is 3.08. The maximum absolute atomic E-state index is 6.13. The van der Waals surface area contributed by atoms with Crippen LogP contribution in [0.4, 0.5) is 0 Å². The molecule has 0 atom stereocenters. The van der Waals surface area contributed by atoms with Gasteiger partial charge < -0.3 is 10.2 Å². The molecule has 0 radical (unpaired) electrons. The summed E-state index contributed by atoms with van der Waals surface area (Å²) in [4.78, 5) is 0. The van der Waals surface area contributed by atoms with Crippen LogP contribution >= 0.6 is 0 Å². The van der Waals surface area contributed by atoms with Gasteiger partial charge in [-0.05, 0) is 50.3 Å². The summed E-state index contributed by atoms with van der Waals surface area (Å²) in [6.07, 6.45) is 3.28. The van der Waals surface area contributed by atoms with Crippen LogP contribution in [0.1, 0.15) is 29.7 Å². The Bertz CT molecular complexity index is 549. The quantitative estimate of drug-likeness (QED) is 0.836. The van der Waals surface area contributed by atoms with Crippen LogP contribution in [0.25, 0.3) is 11.0 Å². The van der Waals surface area contributed by atoms with Crippen LogP contribution < -0.4 is 5.73 Å². The molecule has 84 valence electrons. The summed E-state index contributed by atoms with van der Waals surface area (Å²) in [5, 5.41) is 1.23. The summed E-state index contributed by atoms with van der Waals surface area (Å²) in [6.45, 7) is 4.12. The second kappa shape index (κ2) is 3.11. The molecule has 1 saturated carbocycles. The first kappa shape index (κ1) is 9.91. The smallest absolute Gasteiger partial charge is 0.134 e. The molecule has 0 saturated heterocycles. The summed E-state index contributed by atoms with van der Waals surface area (Å²) < 4.78 is 5.73. The molecular formula is C14H17NO. The van der Waals surface area contributed by atoms with Crippen molar-refractivity contribution < 1.29 is 4.42 Å². The molecule has 0 spiro atoms. The second-order valence-corrected chi connectivity index (χ2v) is 5.15. The van der Waals surface area contributed by atoms with Crippen LogP contribution in [-0.4, -0.2) is 5.54 Å². The first-order valence-electron chi connectivity index (χ1n) is 5.85. The Morgan fingerprint density at radius 3 is 2.75 bits per heavy atom. The van der Waals surface area contributed by atoms with Gasteiger partial charge in [0.15, 0.2) is 0 Å². The monoisotopic (exact) mass is 215 g/mol. The van der Waals surface area contributed by atoms with Crippen molar-refractivity contribution in [2.24, 2.45) is 5.73 Å². The lowest BCUT2D eigenvalue weighted by Gasteiger charge is -2.07. The van der Waals surface area contributed by atoms with E-state index in [9.17, 15) is 0 Å². The Morgan fingerprint density at radius 2 is 2.06 bits per heavy atom. The molecule has 2 aromatic rings. The van der Waals surface area contributed by atoms with Gasteiger partial charge in [0.25, 0.3) is 0 Å². The number of hydrogen-bond acceptors (Lipinski definition) is 2. The number of hydrogen-bond donors (Lipinski definition) is 1. The van der Waals surface area contributed by atoms with Gasteiger partial charge in [0.2, 0.25) is 0 Å². The van der Waals surface area contributed by atoms with E-state index in [1.165, 1.54) is 16.5 Å². The van der Waals surface area contributed by atoms with E-state index in [1.807, 2.05) is 6.92 Å². The molecule has 1 aromatic carbocycles. The van der Waals surface area contributed by atoms with E-state index < -0.39 is 0 Å². The summed E-state index contributed by atoms with van der Waals surface area (Å²) in [5.74, 6) is 1.01. The summed E-state index contributed by atoms with van der Waals surface area (Å²) >= 11 is 0. The number of furan rings is 1. The van der Waals surface area contributed by atoms with E-state index in [4.69, 9.17) is 10.2 Å². The van der Waals surface area contributed by atoms with Gasteiger partial charge in [0, 0.05) is 10.9 Å². The molecule has 16 heavy (non-hydrogen) atoms. The van der Waals surface area contributed by atoms with Gasteiger partial charge in [-0.15, -0.1) is 0 Å². The average Bonchev–Trinajstić information content (AvgIpc) is 2.88. The molecule has 1 fully saturated rings. The average molecular weight is 215 g/mol. The van der Waals surface area contributed by atoms with Gasteiger partial charge in [-0.25, -0.2) is 0 Å². The van der Waals surface area contributed by atoms with E-state index >= 15 is 0 Å². The molecule has 2 nitrogen and oxygen atoms in total. The van der Waals surface area contributed by atoms with E-state index in [0.29, 0.717) is 0 Å². The topological polar surface area (TPSA) is 39.2 Å². The molecule has 3 rings (SSSR count). The Hall–Kier alpha value is -1.28. The minimum absolute atomic E-state index is 0.0738. The second-order valence-electron chi connectivity index (χ2n) is 5.15. The van der Waals surface area contributed by atoms with Crippen molar-refractivity contribution in [1.82, 2.24) is 0 Å². The van der Waals surface area contributed by atoms with Gasteiger partial charge in [-0.1, -0.05) is 12.1 Å². The van der Waals surface area contributed by atoms with Crippen LogP contribution in [-0.2, 0) is 6.42 Å². The zero-order valence-corrected chi connectivity index (χ0v) is 9.84. The first-order chi connectivity index (χ1) is 7.57. The van der Waals surface area contributed by atoms with Crippen molar-refractivity contribution in [2.45, 2.75) is 38.6 Å². The third-order valence-corrected chi connectivity index (χ3v) is 3.69. The number of nitrogens with two attached hydrogens (primary N) is 1. The third kappa shape index (κ3) is 1.54. The fraction of sp³-hybridized carbons (Fsp3) is 0.429. The Labute approximate surface area is 95.4 Å². The van der Waals surface area contributed by atoms with Crippen molar-refractivity contribution >= 4 is 11.0 Å². The molecule has 2 heteroatoms. The van der Waals surface area contributed by atoms with Crippen LogP contribution in [0.3, 0.4) is 0 Å². The van der Waals surface area contributed by atoms with Crippen LogP contribution in [0.5, 0.6) is 0 Å². The van der Waals surface area contributed by atoms with Gasteiger partial charge in [-0.3, -0.25) is 0 Å². The summed E-state index contributed by atoms with van der Waals surface area (Å²) in [5.41, 5.74) is 9.74. The number of benzene rings is 1. The maximum atomic E-state index is 6.13. The SMILES string of the molecule is Cc1oc2cc(CC3(N)CC3)ccc2c1C. The fourth-order valence-electron chi connectivity index (χ4n) is 2.25. The highest BCUT2D eigenvalue weighted by Gasteiger charge is 2.37. The molecule has 2 N–H and O–H groups in total. The van der Waals surface area contributed by atoms with Crippen molar-refractivity contribution in [3.8, 4) is 0 Å². The van der Waals surface area contributed by atoms with Crippen molar-refractivity contribution in [2.75, 3.05) is 0 Å². The third-order valence-electron chi connectivity index (χ3n) is 3.69. The van der Waals surface area contributed by atoms with Crippen LogP contribution in [0.15, 0.2) is 22.6 Å². The lowest BCUT2D eigenvalue weighted by molar-refractivity contribution is 0.574. The van der Waals surface area contributed by atoms with E-state index in [2.05, 4.69) is 25.1 Å². The molecule has 1 aromatic heterocycles. The summed E-state index contributed by atoms with van der Waals surface area (Å²) in [7, 11) is 0. The van der Waals surface area contributed by atoms with Crippen LogP contribution in [0.2, 0.25) is 0 Å². The largest absolute Gasteiger partial charge is 0.461 e. The van der Waals surface area contributed by atoms with E-state index in [1.54, 1.807) is 0 Å². The Morgan fingerprint density at radius 1 is 1.31 bits per heavy atom. The number of rotatable bonds is 2. The van der Waals surface area contributed by atoms with E-state index in [0.717, 1.165) is 30.6 Å². The molecule has 0 bridgehead atoms. The minimum atomic E-state index is 0.0738.